The van der Waals surface area contributed by atoms with E-state index in [9.17, 15) is 9.90 Å². The van der Waals surface area contributed by atoms with E-state index in [1.807, 2.05) is 32.9 Å². The van der Waals surface area contributed by atoms with Gasteiger partial charge in [-0.1, -0.05) is 23.7 Å². The van der Waals surface area contributed by atoms with Crippen LogP contribution in [-0.2, 0) is 19.8 Å². The predicted octanol–water partition coefficient (Wildman–Crippen LogP) is 3.98. The Morgan fingerprint density at radius 3 is 2.75 bits per heavy atom. The third-order valence-corrected chi connectivity index (χ3v) is 4.97. The fourth-order valence-corrected chi connectivity index (χ4v) is 3.51. The third kappa shape index (κ3) is 6.34. The van der Waals surface area contributed by atoms with Gasteiger partial charge < -0.3 is 24.2 Å². The lowest BCUT2D eigenvalue weighted by molar-refractivity contribution is -0.150. The van der Waals surface area contributed by atoms with Crippen LogP contribution in [0.15, 0.2) is 24.3 Å². The SMILES string of the molecule is COCCCC[C@@](O)(c1cccc(Cl)c1)C1CN(C(=O)OC(C)(C)C)CCO1. The van der Waals surface area contributed by atoms with Crippen LogP contribution >= 0.6 is 11.6 Å². The number of unbranched alkanes of at least 4 members (excludes halogenated alkanes) is 1. The van der Waals surface area contributed by atoms with Gasteiger partial charge in [-0.25, -0.2) is 4.79 Å². The second-order valence-electron chi connectivity index (χ2n) is 8.17. The number of benzene rings is 1. The molecule has 6 nitrogen and oxygen atoms in total. The maximum atomic E-state index is 12.5. The lowest BCUT2D eigenvalue weighted by Gasteiger charge is -2.42. The van der Waals surface area contributed by atoms with E-state index in [1.54, 1.807) is 24.1 Å². The van der Waals surface area contributed by atoms with Crippen molar-refractivity contribution < 1.29 is 24.1 Å². The number of hydrogen-bond acceptors (Lipinski definition) is 5. The average Bonchev–Trinajstić information content (AvgIpc) is 2.64. The minimum atomic E-state index is -1.26. The highest BCUT2D eigenvalue weighted by Gasteiger charge is 2.43. The Kier molecular flexibility index (Phi) is 8.13. The molecule has 0 bridgehead atoms. The molecule has 1 heterocycles. The van der Waals surface area contributed by atoms with Gasteiger partial charge >= 0.3 is 6.09 Å². The van der Waals surface area contributed by atoms with Crippen LogP contribution in [-0.4, -0.2) is 61.2 Å². The maximum absolute atomic E-state index is 12.5. The van der Waals surface area contributed by atoms with Gasteiger partial charge in [-0.05, 0) is 57.7 Å². The molecule has 0 aromatic heterocycles. The van der Waals surface area contributed by atoms with Gasteiger partial charge in [-0.3, -0.25) is 0 Å². The van der Waals surface area contributed by atoms with Crippen LogP contribution in [0.3, 0.4) is 0 Å². The molecule has 1 aliphatic heterocycles. The molecule has 0 aliphatic carbocycles. The maximum Gasteiger partial charge on any atom is 0.410 e. The van der Waals surface area contributed by atoms with Crippen LogP contribution in [0.5, 0.6) is 0 Å². The van der Waals surface area contributed by atoms with Crippen molar-refractivity contribution in [1.29, 1.82) is 0 Å². The van der Waals surface area contributed by atoms with E-state index < -0.39 is 23.4 Å². The number of carbonyl (C=O) groups is 1. The fourth-order valence-electron chi connectivity index (χ4n) is 3.32. The number of carbonyl (C=O) groups excluding carboxylic acids is 1. The largest absolute Gasteiger partial charge is 0.444 e. The zero-order valence-electron chi connectivity index (χ0n) is 17.2. The average molecular weight is 414 g/mol. The van der Waals surface area contributed by atoms with Crippen molar-refractivity contribution in [1.82, 2.24) is 4.90 Å². The summed E-state index contributed by atoms with van der Waals surface area (Å²) >= 11 is 6.17. The number of hydrogen-bond donors (Lipinski definition) is 1. The Hall–Kier alpha value is -1.34. The number of amides is 1. The smallest absolute Gasteiger partial charge is 0.410 e. The summed E-state index contributed by atoms with van der Waals surface area (Å²) in [6, 6.07) is 7.18. The highest BCUT2D eigenvalue weighted by molar-refractivity contribution is 6.30. The van der Waals surface area contributed by atoms with Crippen molar-refractivity contribution in [2.24, 2.45) is 0 Å². The van der Waals surface area contributed by atoms with Crippen molar-refractivity contribution in [3.05, 3.63) is 34.9 Å². The molecular formula is C21H32ClNO5. The summed E-state index contributed by atoms with van der Waals surface area (Å²) in [4.78, 5) is 14.1. The summed E-state index contributed by atoms with van der Waals surface area (Å²) in [5.41, 5.74) is -1.15. The summed E-state index contributed by atoms with van der Waals surface area (Å²) in [6.07, 6.45) is 1.08. The van der Waals surface area contributed by atoms with Gasteiger partial charge in [0.25, 0.3) is 0 Å². The molecule has 1 aromatic carbocycles. The molecule has 28 heavy (non-hydrogen) atoms. The highest BCUT2D eigenvalue weighted by Crippen LogP contribution is 2.35. The molecule has 7 heteroatoms. The Bertz CT molecular complexity index is 648. The predicted molar refractivity (Wildman–Crippen MR) is 109 cm³/mol. The number of rotatable bonds is 7. The van der Waals surface area contributed by atoms with Gasteiger partial charge in [-0.15, -0.1) is 0 Å². The summed E-state index contributed by atoms with van der Waals surface area (Å²) in [6.45, 7) is 7.15. The van der Waals surface area contributed by atoms with Gasteiger partial charge in [0.2, 0.25) is 0 Å². The molecule has 1 amide bonds. The van der Waals surface area contributed by atoms with Gasteiger partial charge in [-0.2, -0.15) is 0 Å². The molecule has 158 valence electrons. The fraction of sp³-hybridized carbons (Fsp3) is 0.667. The summed E-state index contributed by atoms with van der Waals surface area (Å²) in [7, 11) is 1.66. The van der Waals surface area contributed by atoms with Gasteiger partial charge in [0, 0.05) is 25.3 Å². The zero-order chi connectivity index (χ0) is 20.8. The molecule has 0 saturated carbocycles. The number of nitrogens with zero attached hydrogens (tertiary/aromatic N) is 1. The van der Waals surface area contributed by atoms with Gasteiger partial charge in [0.1, 0.15) is 17.3 Å². The first-order valence-corrected chi connectivity index (χ1v) is 10.1. The molecule has 0 spiro atoms. The number of methoxy groups -OCH3 is 1. The topological polar surface area (TPSA) is 68.2 Å². The van der Waals surface area contributed by atoms with E-state index in [0.29, 0.717) is 36.8 Å². The second-order valence-corrected chi connectivity index (χ2v) is 8.61. The van der Waals surface area contributed by atoms with Crippen LogP contribution in [0.2, 0.25) is 5.02 Å². The molecular weight excluding hydrogens is 382 g/mol. The van der Waals surface area contributed by atoms with Crippen LogP contribution < -0.4 is 0 Å². The second kappa shape index (κ2) is 9.92. The number of halogens is 1. The molecule has 1 saturated heterocycles. The quantitative estimate of drug-likeness (QED) is 0.685. The minimum absolute atomic E-state index is 0.252. The molecule has 2 atom stereocenters. The zero-order valence-corrected chi connectivity index (χ0v) is 18.0. The lowest BCUT2D eigenvalue weighted by Crippen LogP contribution is -2.55. The van der Waals surface area contributed by atoms with Crippen LogP contribution in [0.1, 0.15) is 45.6 Å². The molecule has 1 N–H and O–H groups in total. The first kappa shape index (κ1) is 22.9. The van der Waals surface area contributed by atoms with Crippen LogP contribution in [0, 0.1) is 0 Å². The Labute approximate surface area is 172 Å². The third-order valence-electron chi connectivity index (χ3n) is 4.73. The van der Waals surface area contributed by atoms with Crippen molar-refractivity contribution in [3.63, 3.8) is 0 Å². The first-order valence-electron chi connectivity index (χ1n) is 9.72. The standard InChI is InChI=1S/C21H32ClNO5/c1-20(2,3)28-19(24)23-11-13-27-18(15-23)21(25,10-5-6-12-26-4)16-8-7-9-17(22)14-16/h7-9,14,18,25H,5-6,10-13,15H2,1-4H3/t18?,21-/m1/s1. The monoisotopic (exact) mass is 413 g/mol. The van der Waals surface area contributed by atoms with E-state index in [2.05, 4.69) is 0 Å². The van der Waals surface area contributed by atoms with Crippen molar-refractivity contribution in [2.45, 2.75) is 57.3 Å². The molecule has 1 fully saturated rings. The molecule has 1 aromatic rings. The van der Waals surface area contributed by atoms with Crippen LogP contribution in [0.4, 0.5) is 4.79 Å². The van der Waals surface area contributed by atoms with Crippen molar-refractivity contribution in [3.8, 4) is 0 Å². The minimum Gasteiger partial charge on any atom is -0.444 e. The number of aliphatic hydroxyl groups is 1. The van der Waals surface area contributed by atoms with Crippen LogP contribution in [0.25, 0.3) is 0 Å². The van der Waals surface area contributed by atoms with E-state index >= 15 is 0 Å². The highest BCUT2D eigenvalue weighted by atomic mass is 35.5. The number of morpholine rings is 1. The summed E-state index contributed by atoms with van der Waals surface area (Å²) in [5, 5.41) is 12.2. The molecule has 1 aliphatic rings. The lowest BCUT2D eigenvalue weighted by atomic mass is 9.82. The van der Waals surface area contributed by atoms with E-state index in [4.69, 9.17) is 25.8 Å². The Balaban J connectivity index is 2.20. The first-order chi connectivity index (χ1) is 13.2. The van der Waals surface area contributed by atoms with Crippen molar-refractivity contribution in [2.75, 3.05) is 33.4 Å². The van der Waals surface area contributed by atoms with Crippen molar-refractivity contribution >= 4 is 17.7 Å². The summed E-state index contributed by atoms with van der Waals surface area (Å²) < 4.78 is 16.5. The van der Waals surface area contributed by atoms with Gasteiger partial charge in [0.15, 0.2) is 0 Å². The molecule has 0 radical (unpaired) electrons. The molecule has 2 rings (SSSR count). The van der Waals surface area contributed by atoms with E-state index in [-0.39, 0.29) is 6.54 Å². The Morgan fingerprint density at radius 1 is 1.36 bits per heavy atom. The Morgan fingerprint density at radius 2 is 2.11 bits per heavy atom. The van der Waals surface area contributed by atoms with E-state index in [0.717, 1.165) is 12.8 Å². The van der Waals surface area contributed by atoms with E-state index in [1.165, 1.54) is 0 Å². The normalized spacial score (nSPS) is 19.9. The number of ether oxygens (including phenoxy) is 3. The summed E-state index contributed by atoms with van der Waals surface area (Å²) in [5.74, 6) is 0. The van der Waals surface area contributed by atoms with Gasteiger partial charge in [0.05, 0.1) is 13.2 Å². The molecule has 1 unspecified atom stereocenters.